The van der Waals surface area contributed by atoms with Gasteiger partial charge in [-0.2, -0.15) is 0 Å². The first-order chi connectivity index (χ1) is 5.41. The van der Waals surface area contributed by atoms with E-state index in [1.54, 1.807) is 18.5 Å². The maximum absolute atomic E-state index is 3.67. The van der Waals surface area contributed by atoms with Crippen LogP contribution in [0.1, 0.15) is 19.8 Å². The van der Waals surface area contributed by atoms with Crippen molar-refractivity contribution < 1.29 is 0 Å². The second kappa shape index (κ2) is 9.68. The average molecular weight is 144 g/mol. The van der Waals surface area contributed by atoms with Gasteiger partial charge in [0.15, 0.2) is 0 Å². The van der Waals surface area contributed by atoms with Gasteiger partial charge < -0.3 is 0 Å². The van der Waals surface area contributed by atoms with Crippen molar-refractivity contribution in [2.75, 3.05) is 0 Å². The van der Waals surface area contributed by atoms with Gasteiger partial charge in [0.05, 0.1) is 0 Å². The van der Waals surface area contributed by atoms with Crippen LogP contribution in [0.15, 0.2) is 24.8 Å². The molecule has 1 rings (SSSR count). The van der Waals surface area contributed by atoms with Gasteiger partial charge in [0, 0.05) is 12.4 Å². The van der Waals surface area contributed by atoms with Crippen LogP contribution < -0.4 is 0 Å². The van der Waals surface area contributed by atoms with Crippen molar-refractivity contribution in [3.05, 3.63) is 24.8 Å². The van der Waals surface area contributed by atoms with Crippen molar-refractivity contribution >= 4 is 17.7 Å². The second-order valence-electron chi connectivity index (χ2n) is 2.26. The van der Waals surface area contributed by atoms with Gasteiger partial charge in [0.25, 0.3) is 0 Å². The van der Waals surface area contributed by atoms with E-state index in [9.17, 15) is 0 Å². The van der Waals surface area contributed by atoms with Crippen LogP contribution in [0.2, 0.25) is 5.09 Å². The monoisotopic (exact) mass is 144 g/mol. The molecule has 0 aliphatic carbocycles. The number of hydrogen-bond acceptors (Lipinski definition) is 2. The first-order valence-electron chi connectivity index (χ1n) is 4.11. The molecule has 0 amide bonds. The molecule has 3 heteroatoms. The van der Waals surface area contributed by atoms with E-state index in [2.05, 4.69) is 34.6 Å². The van der Waals surface area contributed by atoms with E-state index < -0.39 is 0 Å². The summed E-state index contributed by atoms with van der Waals surface area (Å²) in [6, 6.07) is 1.78. The summed E-state index contributed by atoms with van der Waals surface area (Å²) in [6.45, 7) is 2.21. The summed E-state index contributed by atoms with van der Waals surface area (Å²) in [5.74, 6) is 0. The van der Waals surface area contributed by atoms with E-state index in [0.29, 0.717) is 0 Å². The molecule has 1 heterocycles. The molecule has 0 aromatic carbocycles. The summed E-state index contributed by atoms with van der Waals surface area (Å²) >= 11 is 2.21. The Balaban J connectivity index is 0.000000187. The molecule has 56 valence electrons. The molecule has 0 aliphatic rings. The largest absolute Gasteiger partial charge is 0.245 e. The number of hydrogen-bond donors (Lipinski definition) is 0. The van der Waals surface area contributed by atoms with Crippen molar-refractivity contribution in [1.82, 2.24) is 9.97 Å². The fourth-order valence-corrected chi connectivity index (χ4v) is 0.607. The van der Waals surface area contributed by atoms with Crippen LogP contribution in [0.4, 0.5) is 0 Å². The SMILES string of the molecule is [Li][CH2]CCC.c1cncnc1. The Labute approximate surface area is 77.7 Å². The Morgan fingerprint density at radius 3 is 2.00 bits per heavy atom. The number of nitrogens with zero attached hydrogens (tertiary/aromatic N) is 2. The van der Waals surface area contributed by atoms with Crippen molar-refractivity contribution in [3.8, 4) is 0 Å². The van der Waals surface area contributed by atoms with Crippen LogP contribution >= 0.6 is 0 Å². The third kappa shape index (κ3) is 9.68. The van der Waals surface area contributed by atoms with E-state index >= 15 is 0 Å². The molecule has 0 aliphatic heterocycles. The van der Waals surface area contributed by atoms with Crippen LogP contribution in [0.5, 0.6) is 0 Å². The molecular formula is C8H13LiN2. The molecule has 0 unspecified atom stereocenters. The Morgan fingerprint density at radius 1 is 1.27 bits per heavy atom. The fraction of sp³-hybridized carbons (Fsp3) is 0.500. The standard InChI is InChI=1S/C4H4N2.C4H9.Li/c1-2-5-4-6-3-1;1-3-4-2;/h1-4H;1,3-4H2,2H3;. The molecule has 1 aromatic rings. The Kier molecular flexibility index (Phi) is 9.39. The topological polar surface area (TPSA) is 25.8 Å². The van der Waals surface area contributed by atoms with E-state index in [1.165, 1.54) is 24.3 Å². The molecule has 0 saturated heterocycles. The summed E-state index contributed by atoms with van der Waals surface area (Å²) in [5, 5.41) is 1.34. The van der Waals surface area contributed by atoms with E-state index in [4.69, 9.17) is 0 Å². The predicted octanol–water partition coefficient (Wildman–Crippen LogP) is 1.85. The fourth-order valence-electron chi connectivity index (χ4n) is 0.607. The molecule has 0 radical (unpaired) electrons. The number of unbranched alkanes of at least 4 members (excludes halogenated alkanes) is 1. The van der Waals surface area contributed by atoms with Gasteiger partial charge in [-0.1, -0.05) is 0 Å². The normalized spacial score (nSPS) is 8.27. The van der Waals surface area contributed by atoms with Gasteiger partial charge in [-0.15, -0.1) is 0 Å². The Hall–Kier alpha value is -0.323. The summed E-state index contributed by atoms with van der Waals surface area (Å²) in [7, 11) is 0. The van der Waals surface area contributed by atoms with Gasteiger partial charge in [-0.25, -0.2) is 9.97 Å². The van der Waals surface area contributed by atoms with Crippen LogP contribution in [-0.4, -0.2) is 27.7 Å². The van der Waals surface area contributed by atoms with Gasteiger partial charge in [-0.05, 0) is 6.07 Å². The van der Waals surface area contributed by atoms with Crippen LogP contribution in [0.25, 0.3) is 0 Å². The summed E-state index contributed by atoms with van der Waals surface area (Å²) in [5.41, 5.74) is 0. The number of aromatic nitrogens is 2. The molecular weight excluding hydrogens is 131 g/mol. The maximum Gasteiger partial charge on any atom is 0.115 e. The summed E-state index contributed by atoms with van der Waals surface area (Å²) < 4.78 is 0. The molecule has 0 fully saturated rings. The molecule has 11 heavy (non-hydrogen) atoms. The van der Waals surface area contributed by atoms with E-state index in [1.807, 2.05) is 0 Å². The molecule has 0 N–H and O–H groups in total. The minimum atomic E-state index is 1.34. The minimum absolute atomic E-state index is 1.34. The van der Waals surface area contributed by atoms with Crippen molar-refractivity contribution in [3.63, 3.8) is 0 Å². The van der Waals surface area contributed by atoms with Gasteiger partial charge in [0.1, 0.15) is 6.33 Å². The van der Waals surface area contributed by atoms with E-state index in [-0.39, 0.29) is 0 Å². The zero-order valence-corrected chi connectivity index (χ0v) is 7.33. The molecule has 0 spiro atoms. The van der Waals surface area contributed by atoms with Crippen molar-refractivity contribution in [2.45, 2.75) is 24.9 Å². The quantitative estimate of drug-likeness (QED) is 0.592. The summed E-state index contributed by atoms with van der Waals surface area (Å²) in [4.78, 5) is 7.35. The average Bonchev–Trinajstić information content (AvgIpc) is 2.10. The third-order valence-electron chi connectivity index (χ3n) is 1.18. The van der Waals surface area contributed by atoms with Gasteiger partial charge in [0.2, 0.25) is 0 Å². The Bertz CT molecular complexity index is 115. The first kappa shape index (κ1) is 10.7. The molecule has 0 atom stereocenters. The minimum Gasteiger partial charge on any atom is -0.245 e. The molecule has 0 bridgehead atoms. The number of rotatable bonds is 2. The van der Waals surface area contributed by atoms with Crippen molar-refractivity contribution in [2.24, 2.45) is 0 Å². The maximum atomic E-state index is 3.67. The third-order valence-corrected chi connectivity index (χ3v) is 1.18. The van der Waals surface area contributed by atoms with E-state index in [0.717, 1.165) is 0 Å². The van der Waals surface area contributed by atoms with Crippen LogP contribution in [0, 0.1) is 0 Å². The van der Waals surface area contributed by atoms with Crippen molar-refractivity contribution in [1.29, 1.82) is 0 Å². The van der Waals surface area contributed by atoms with Crippen LogP contribution in [0.3, 0.4) is 0 Å². The smallest absolute Gasteiger partial charge is 0.115 e. The second-order valence-corrected chi connectivity index (χ2v) is 2.26. The summed E-state index contributed by atoms with van der Waals surface area (Å²) in [6.07, 6.45) is 7.61. The zero-order valence-electron chi connectivity index (χ0n) is 7.33. The zero-order chi connectivity index (χ0) is 8.36. The van der Waals surface area contributed by atoms with Gasteiger partial charge >= 0.3 is 42.6 Å². The molecule has 0 saturated carbocycles. The molecule has 1 aromatic heterocycles. The Morgan fingerprint density at radius 2 is 1.91 bits per heavy atom. The first-order valence-corrected chi connectivity index (χ1v) is 4.11. The predicted molar refractivity (Wildman–Crippen MR) is 47.5 cm³/mol. The van der Waals surface area contributed by atoms with Gasteiger partial charge in [-0.3, -0.25) is 0 Å². The van der Waals surface area contributed by atoms with Crippen LogP contribution in [-0.2, 0) is 0 Å². The molecule has 2 nitrogen and oxygen atoms in total.